The van der Waals surface area contributed by atoms with Crippen LogP contribution in [0.4, 0.5) is 5.69 Å². The van der Waals surface area contributed by atoms with E-state index in [0.717, 1.165) is 21.9 Å². The van der Waals surface area contributed by atoms with Crippen LogP contribution in [0.5, 0.6) is 5.75 Å². The number of likely N-dealkylation sites (N-methyl/N-ethyl adjacent to an activating group) is 2. The molecule has 416 valence electrons. The predicted octanol–water partition coefficient (Wildman–Crippen LogP) is 2.52. The zero-order valence-corrected chi connectivity index (χ0v) is 45.4. The minimum Gasteiger partial charge on any atom is -0.502 e. The molecule has 1 aliphatic rings. The SMILES string of the molecule is C/C=C/C[C@@H]1NC(=O)[C@H](CC(C)C)NC(=O)[C@H](CC(C)C=O)N(C)C(=O)[C@H](C)NC(=O)[C@H](Cc2ccc(O)c([N+](=O)[O-])c2)NC(=O)[C@H](CC(C)C)N(C)C(=O)[C@H](Cc2cn(C(C)(C)C(O)CO)c3ccccc23)NC1=O. The van der Waals surface area contributed by atoms with Crippen LogP contribution in [0.25, 0.3) is 10.9 Å². The molecule has 4 rings (SSSR count). The number of nitro groups is 1. The number of carbonyl (C=O) groups is 8. The van der Waals surface area contributed by atoms with Crippen LogP contribution in [-0.4, -0.2) is 151 Å². The number of aldehydes is 1. The second kappa shape index (κ2) is 27.0. The Labute approximate surface area is 443 Å². The van der Waals surface area contributed by atoms with Crippen molar-refractivity contribution in [3.05, 3.63) is 82.1 Å². The van der Waals surface area contributed by atoms with Gasteiger partial charge in [0, 0.05) is 56.0 Å². The molecule has 2 aromatic carbocycles. The molecule has 7 amide bonds. The van der Waals surface area contributed by atoms with E-state index in [-0.39, 0.29) is 49.5 Å². The molecule has 0 aliphatic carbocycles. The van der Waals surface area contributed by atoms with E-state index in [4.69, 9.17) is 0 Å². The van der Waals surface area contributed by atoms with Crippen LogP contribution in [-0.2, 0) is 56.7 Å². The summed E-state index contributed by atoms with van der Waals surface area (Å²) in [7, 11) is 2.66. The number of aromatic nitrogens is 1. The van der Waals surface area contributed by atoms with Gasteiger partial charge in [0.1, 0.15) is 48.6 Å². The number of fused-ring (bicyclic) bond motifs is 1. The second-order valence-corrected chi connectivity index (χ2v) is 21.2. The first kappa shape index (κ1) is 61.3. The number of phenols is 1. The fraction of sp³-hybridized carbons (Fsp3) is 0.556. The molecule has 22 heteroatoms. The van der Waals surface area contributed by atoms with Crippen LogP contribution >= 0.6 is 0 Å². The van der Waals surface area contributed by atoms with Crippen molar-refractivity contribution in [2.45, 2.75) is 155 Å². The third kappa shape index (κ3) is 15.5. The van der Waals surface area contributed by atoms with Crippen molar-refractivity contribution >= 4 is 64.2 Å². The lowest BCUT2D eigenvalue weighted by Gasteiger charge is -2.34. The molecule has 0 saturated carbocycles. The zero-order valence-electron chi connectivity index (χ0n) is 45.4. The van der Waals surface area contributed by atoms with E-state index in [1.54, 1.807) is 81.8 Å². The van der Waals surface area contributed by atoms with Gasteiger partial charge in [-0.3, -0.25) is 43.7 Å². The Morgan fingerprint density at radius 2 is 1.29 bits per heavy atom. The molecule has 0 bridgehead atoms. The fourth-order valence-electron chi connectivity index (χ4n) is 9.24. The number of nitrogens with zero attached hydrogens (tertiary/aromatic N) is 4. The minimum absolute atomic E-state index is 0.0127. The summed E-state index contributed by atoms with van der Waals surface area (Å²) < 4.78 is 1.76. The number of aliphatic hydroxyl groups excluding tert-OH is 2. The highest BCUT2D eigenvalue weighted by atomic mass is 16.6. The van der Waals surface area contributed by atoms with Gasteiger partial charge in [-0.1, -0.05) is 71.0 Å². The largest absolute Gasteiger partial charge is 0.502 e. The van der Waals surface area contributed by atoms with E-state index in [9.17, 15) is 59.0 Å². The van der Waals surface area contributed by atoms with Crippen LogP contribution in [0.3, 0.4) is 0 Å². The van der Waals surface area contributed by atoms with Crippen LogP contribution < -0.4 is 26.6 Å². The molecule has 1 aromatic heterocycles. The standard InChI is InChI=1S/C54H77N9O13/c1-12-13-17-37-47(68)59-40(26-35-27-62(54(8,9)46(67)29-65)41-18-15-14-16-36(35)41)53(74)61(11)43(22-31(4)5)50(71)58-39(24-34-19-20-45(66)42(25-34)63(75)76)48(69)55-33(7)52(73)60(10)44(23-32(6)28-64)51(72)57-38(21-30(2)3)49(70)56-37/h12-16,18-20,25,27-28,30-33,37-40,43-44,46,65-67H,17,21-24,26,29H2,1-11H3,(H,55,69)(H,56,70)(H,57,72)(H,58,71)(H,59,68)/b13-12+/t32?,33-,37-,38-,39-,40-,43-,44-,46?/m0/s1. The Morgan fingerprint density at radius 3 is 1.88 bits per heavy atom. The minimum atomic E-state index is -1.58. The summed E-state index contributed by atoms with van der Waals surface area (Å²) in [5.74, 6) is -7.64. The summed E-state index contributed by atoms with van der Waals surface area (Å²) in [4.78, 5) is 128. The molecule has 0 radical (unpaired) electrons. The number of nitro benzene ring substituents is 1. The van der Waals surface area contributed by atoms with E-state index in [0.29, 0.717) is 22.8 Å². The average molecular weight is 1060 g/mol. The van der Waals surface area contributed by atoms with Crippen LogP contribution in [0, 0.1) is 27.9 Å². The molecule has 8 N–H and O–H groups in total. The molecule has 9 atom stereocenters. The van der Waals surface area contributed by atoms with E-state index in [1.165, 1.54) is 34.0 Å². The first-order valence-electron chi connectivity index (χ1n) is 25.6. The van der Waals surface area contributed by atoms with Crippen molar-refractivity contribution < 1.29 is 58.6 Å². The Balaban J connectivity index is 1.99. The van der Waals surface area contributed by atoms with E-state index in [2.05, 4.69) is 26.6 Å². The Kier molecular flexibility index (Phi) is 21.8. The Morgan fingerprint density at radius 1 is 0.737 bits per heavy atom. The zero-order chi connectivity index (χ0) is 56.9. The number of amides is 7. The summed E-state index contributed by atoms with van der Waals surface area (Å²) >= 11 is 0. The van der Waals surface area contributed by atoms with Gasteiger partial charge in [0.2, 0.25) is 41.4 Å². The lowest BCUT2D eigenvalue weighted by molar-refractivity contribution is -0.385. The van der Waals surface area contributed by atoms with Crippen molar-refractivity contribution in [1.82, 2.24) is 41.0 Å². The number of allylic oxidation sites excluding steroid dienone is 1. The summed E-state index contributed by atoms with van der Waals surface area (Å²) in [5.41, 5.74) is -0.488. The highest BCUT2D eigenvalue weighted by Gasteiger charge is 2.40. The number of hydrogen-bond donors (Lipinski definition) is 8. The summed E-state index contributed by atoms with van der Waals surface area (Å²) in [6, 6.07) is 0.757. The summed E-state index contributed by atoms with van der Waals surface area (Å²) in [6.45, 7) is 14.7. The number of aliphatic hydroxyl groups is 2. The highest BCUT2D eigenvalue weighted by molar-refractivity contribution is 5.99. The number of aromatic hydroxyl groups is 1. The number of para-hydroxylation sites is 1. The maximum Gasteiger partial charge on any atom is 0.310 e. The number of benzene rings is 2. The van der Waals surface area contributed by atoms with Crippen molar-refractivity contribution in [1.29, 1.82) is 0 Å². The summed E-state index contributed by atoms with van der Waals surface area (Å²) in [6.07, 6.45) is 3.58. The maximum atomic E-state index is 15.3. The molecule has 1 saturated heterocycles. The van der Waals surface area contributed by atoms with Crippen LogP contribution in [0.1, 0.15) is 99.1 Å². The number of hydrogen-bond acceptors (Lipinski definition) is 13. The molecular formula is C54H77N9O13. The third-order valence-corrected chi connectivity index (χ3v) is 13.8. The number of nitrogens with one attached hydrogen (secondary N) is 5. The van der Waals surface area contributed by atoms with Gasteiger partial charge in [0.15, 0.2) is 5.75 Å². The van der Waals surface area contributed by atoms with Gasteiger partial charge in [0.05, 0.1) is 23.2 Å². The lowest BCUT2D eigenvalue weighted by Crippen LogP contribution is -2.60. The second-order valence-electron chi connectivity index (χ2n) is 21.2. The van der Waals surface area contributed by atoms with E-state index in [1.807, 2.05) is 13.8 Å². The maximum absolute atomic E-state index is 15.3. The number of phenolic OH excluding ortho intramolecular Hbond substituents is 1. The molecule has 22 nitrogen and oxygen atoms in total. The van der Waals surface area contributed by atoms with Gasteiger partial charge in [-0.05, 0) is 88.5 Å². The first-order valence-corrected chi connectivity index (χ1v) is 25.6. The molecule has 76 heavy (non-hydrogen) atoms. The van der Waals surface area contributed by atoms with Crippen molar-refractivity contribution in [2.24, 2.45) is 17.8 Å². The van der Waals surface area contributed by atoms with Gasteiger partial charge in [-0.15, -0.1) is 0 Å². The average Bonchev–Trinajstić information content (AvgIpc) is 3.74. The lowest BCUT2D eigenvalue weighted by atomic mass is 9.97. The molecule has 0 spiro atoms. The van der Waals surface area contributed by atoms with E-state index < -0.39 is 131 Å². The molecular weight excluding hydrogens is 983 g/mol. The Hall–Kier alpha value is -7.20. The third-order valence-electron chi connectivity index (χ3n) is 13.8. The van der Waals surface area contributed by atoms with Crippen molar-refractivity contribution in [3.63, 3.8) is 0 Å². The normalized spacial score (nSPS) is 23.2. The quantitative estimate of drug-likeness (QED) is 0.0418. The monoisotopic (exact) mass is 1060 g/mol. The molecule has 2 heterocycles. The van der Waals surface area contributed by atoms with Crippen molar-refractivity contribution in [3.8, 4) is 5.75 Å². The van der Waals surface area contributed by atoms with Gasteiger partial charge < -0.3 is 61.1 Å². The molecule has 1 fully saturated rings. The number of carbonyl (C=O) groups excluding carboxylic acids is 8. The van der Waals surface area contributed by atoms with Crippen LogP contribution in [0.2, 0.25) is 0 Å². The van der Waals surface area contributed by atoms with Gasteiger partial charge in [0.25, 0.3) is 0 Å². The smallest absolute Gasteiger partial charge is 0.310 e. The summed E-state index contributed by atoms with van der Waals surface area (Å²) in [5, 5.41) is 57.4. The number of rotatable bonds is 17. The molecule has 2 unspecified atom stereocenters. The molecule has 3 aromatic rings. The van der Waals surface area contributed by atoms with Crippen molar-refractivity contribution in [2.75, 3.05) is 20.7 Å². The van der Waals surface area contributed by atoms with Gasteiger partial charge >= 0.3 is 5.69 Å². The first-order chi connectivity index (χ1) is 35.7. The fourth-order valence-corrected chi connectivity index (χ4v) is 9.24. The highest BCUT2D eigenvalue weighted by Crippen LogP contribution is 2.32. The topological polar surface area (TPSA) is 312 Å². The predicted molar refractivity (Wildman–Crippen MR) is 283 cm³/mol. The Bertz CT molecular complexity index is 2630. The molecule has 1 aliphatic heterocycles. The van der Waals surface area contributed by atoms with E-state index >= 15 is 4.79 Å². The van der Waals surface area contributed by atoms with Gasteiger partial charge in [-0.2, -0.15) is 0 Å². The van der Waals surface area contributed by atoms with Crippen LogP contribution in [0.15, 0.2) is 60.8 Å². The van der Waals surface area contributed by atoms with Gasteiger partial charge in [-0.25, -0.2) is 0 Å².